The van der Waals surface area contributed by atoms with Crippen LogP contribution in [-0.2, 0) is 5.75 Å². The minimum atomic E-state index is -0.396. The van der Waals surface area contributed by atoms with Crippen LogP contribution in [0.3, 0.4) is 0 Å². The maximum absolute atomic E-state index is 11.0. The third-order valence-electron chi connectivity index (χ3n) is 3.73. The van der Waals surface area contributed by atoms with Gasteiger partial charge < -0.3 is 4.57 Å². The molecule has 1 aliphatic rings. The fourth-order valence-corrected chi connectivity index (χ4v) is 4.30. The predicted octanol–water partition coefficient (Wildman–Crippen LogP) is 4.39. The van der Waals surface area contributed by atoms with Gasteiger partial charge in [0.25, 0.3) is 5.69 Å². The van der Waals surface area contributed by atoms with E-state index in [1.54, 1.807) is 23.9 Å². The molecule has 2 aromatic carbocycles. The molecule has 1 atom stereocenters. The Labute approximate surface area is 135 Å². The molecule has 4 rings (SSSR count). The van der Waals surface area contributed by atoms with Crippen molar-refractivity contribution in [2.75, 3.05) is 0 Å². The predicted molar refractivity (Wildman–Crippen MR) is 87.3 cm³/mol. The normalized spacial score (nSPS) is 16.9. The van der Waals surface area contributed by atoms with Crippen molar-refractivity contribution >= 4 is 40.1 Å². The fraction of sp³-hybridized carbons (Fsp3) is 0.133. The Hall–Kier alpha value is -2.05. The number of hydrogen-bond acceptors (Lipinski definition) is 4. The Morgan fingerprint density at radius 1 is 1.32 bits per heavy atom. The summed E-state index contributed by atoms with van der Waals surface area (Å²) in [5.41, 5.74) is 2.76. The second-order valence-corrected chi connectivity index (χ2v) is 6.49. The summed E-state index contributed by atoms with van der Waals surface area (Å²) in [7, 11) is 0. The number of hydrogen-bond donors (Lipinski definition) is 0. The van der Waals surface area contributed by atoms with Crippen molar-refractivity contribution in [2.24, 2.45) is 0 Å². The first-order valence-corrected chi connectivity index (χ1v) is 8.09. The number of non-ortho nitro benzene ring substituents is 1. The maximum Gasteiger partial charge on any atom is 0.269 e. The maximum atomic E-state index is 11.0. The van der Waals surface area contributed by atoms with Gasteiger partial charge in [-0.1, -0.05) is 23.7 Å². The Bertz CT molecular complexity index is 909. The number of halogens is 1. The summed E-state index contributed by atoms with van der Waals surface area (Å²) in [4.78, 5) is 15.2. The molecule has 0 N–H and O–H groups in total. The van der Waals surface area contributed by atoms with Gasteiger partial charge in [0.2, 0.25) is 0 Å². The van der Waals surface area contributed by atoms with Gasteiger partial charge in [0, 0.05) is 22.7 Å². The number of nitro benzene ring substituents is 1. The van der Waals surface area contributed by atoms with Crippen molar-refractivity contribution in [3.05, 3.63) is 69.0 Å². The zero-order valence-corrected chi connectivity index (χ0v) is 12.8. The number of nitrogens with zero attached hydrogens (tertiary/aromatic N) is 3. The number of fused-ring (bicyclic) bond motifs is 3. The first kappa shape index (κ1) is 13.6. The number of aromatic nitrogens is 2. The van der Waals surface area contributed by atoms with E-state index in [0.717, 1.165) is 28.2 Å². The van der Waals surface area contributed by atoms with Crippen LogP contribution >= 0.6 is 23.4 Å². The zero-order chi connectivity index (χ0) is 15.3. The zero-order valence-electron chi connectivity index (χ0n) is 11.3. The summed E-state index contributed by atoms with van der Waals surface area (Å²) in [6.45, 7) is 0. The molecule has 0 aliphatic carbocycles. The Morgan fingerprint density at radius 2 is 2.14 bits per heavy atom. The van der Waals surface area contributed by atoms with Gasteiger partial charge in [-0.25, -0.2) is 4.98 Å². The van der Waals surface area contributed by atoms with Gasteiger partial charge in [-0.3, -0.25) is 10.1 Å². The SMILES string of the molecule is O=[N+]([O-])c1ccc(Cl)c([C@@H]2SCc3nc4ccccc4n32)c1. The Balaban J connectivity index is 1.90. The minimum absolute atomic E-state index is 0.0536. The van der Waals surface area contributed by atoms with Crippen LogP contribution < -0.4 is 0 Å². The summed E-state index contributed by atoms with van der Waals surface area (Å²) in [5.74, 6) is 1.73. The average Bonchev–Trinajstić information content (AvgIpc) is 3.06. The number of para-hydroxylation sites is 2. The molecule has 0 fully saturated rings. The summed E-state index contributed by atoms with van der Waals surface area (Å²) in [5, 5.41) is 11.5. The molecule has 2 heterocycles. The quantitative estimate of drug-likeness (QED) is 0.516. The molecule has 7 heteroatoms. The first-order valence-electron chi connectivity index (χ1n) is 6.66. The van der Waals surface area contributed by atoms with Crippen LogP contribution in [0.15, 0.2) is 42.5 Å². The van der Waals surface area contributed by atoms with E-state index in [0.29, 0.717) is 5.02 Å². The molecule has 0 amide bonds. The second kappa shape index (κ2) is 5.00. The van der Waals surface area contributed by atoms with E-state index in [2.05, 4.69) is 9.55 Å². The molecule has 1 aliphatic heterocycles. The lowest BCUT2D eigenvalue weighted by atomic mass is 10.2. The second-order valence-electron chi connectivity index (χ2n) is 5.01. The molecule has 5 nitrogen and oxygen atoms in total. The number of rotatable bonds is 2. The van der Waals surface area contributed by atoms with Gasteiger partial charge in [0.05, 0.1) is 21.7 Å². The Morgan fingerprint density at radius 3 is 2.95 bits per heavy atom. The topological polar surface area (TPSA) is 61.0 Å². The Kier molecular flexibility index (Phi) is 3.09. The van der Waals surface area contributed by atoms with Crippen molar-refractivity contribution in [1.82, 2.24) is 9.55 Å². The number of nitro groups is 1. The molecular formula is C15H10ClN3O2S. The highest BCUT2D eigenvalue weighted by molar-refractivity contribution is 7.99. The van der Waals surface area contributed by atoms with E-state index in [-0.39, 0.29) is 11.1 Å². The molecule has 22 heavy (non-hydrogen) atoms. The van der Waals surface area contributed by atoms with Crippen LogP contribution in [0.2, 0.25) is 5.02 Å². The molecule has 0 spiro atoms. The number of thioether (sulfide) groups is 1. The van der Waals surface area contributed by atoms with Gasteiger partial charge in [0.15, 0.2) is 0 Å². The molecule has 0 saturated heterocycles. The number of imidazole rings is 1. The summed E-state index contributed by atoms with van der Waals surface area (Å²) >= 11 is 7.97. The highest BCUT2D eigenvalue weighted by atomic mass is 35.5. The fourth-order valence-electron chi connectivity index (χ4n) is 2.75. The van der Waals surface area contributed by atoms with Gasteiger partial charge >= 0.3 is 0 Å². The standard InChI is InChI=1S/C15H10ClN3O2S/c16-11-6-5-9(19(20)21)7-10(11)15-18-13-4-2-1-3-12(13)17-14(18)8-22-15/h1-7,15H,8H2/t15-/m0/s1. The van der Waals surface area contributed by atoms with Gasteiger partial charge in [-0.15, -0.1) is 11.8 Å². The monoisotopic (exact) mass is 331 g/mol. The first-order chi connectivity index (χ1) is 10.6. The van der Waals surface area contributed by atoms with Crippen LogP contribution in [0.1, 0.15) is 16.8 Å². The van der Waals surface area contributed by atoms with E-state index in [1.807, 2.05) is 24.3 Å². The van der Waals surface area contributed by atoms with Gasteiger partial charge in [0.1, 0.15) is 11.2 Å². The highest BCUT2D eigenvalue weighted by Gasteiger charge is 2.30. The number of benzene rings is 2. The molecule has 110 valence electrons. The van der Waals surface area contributed by atoms with E-state index in [4.69, 9.17) is 11.6 Å². The minimum Gasteiger partial charge on any atom is -0.310 e. The lowest BCUT2D eigenvalue weighted by Crippen LogP contribution is -2.04. The van der Waals surface area contributed by atoms with Crippen molar-refractivity contribution in [3.63, 3.8) is 0 Å². The van der Waals surface area contributed by atoms with Crippen molar-refractivity contribution in [1.29, 1.82) is 0 Å². The van der Waals surface area contributed by atoms with E-state index >= 15 is 0 Å². The van der Waals surface area contributed by atoms with Gasteiger partial charge in [-0.05, 0) is 18.2 Å². The summed E-state index contributed by atoms with van der Waals surface area (Å²) in [6, 6.07) is 12.5. The summed E-state index contributed by atoms with van der Waals surface area (Å²) in [6.07, 6.45) is 0. The molecule has 0 saturated carbocycles. The average molecular weight is 332 g/mol. The van der Waals surface area contributed by atoms with Crippen molar-refractivity contribution in [3.8, 4) is 0 Å². The van der Waals surface area contributed by atoms with E-state index in [9.17, 15) is 10.1 Å². The molecular weight excluding hydrogens is 322 g/mol. The molecule has 0 radical (unpaired) electrons. The van der Waals surface area contributed by atoms with Crippen LogP contribution in [0, 0.1) is 10.1 Å². The molecule has 1 aromatic heterocycles. The van der Waals surface area contributed by atoms with E-state index < -0.39 is 4.92 Å². The van der Waals surface area contributed by atoms with Crippen molar-refractivity contribution < 1.29 is 4.92 Å². The summed E-state index contributed by atoms with van der Waals surface area (Å²) < 4.78 is 2.12. The third-order valence-corrected chi connectivity index (χ3v) is 5.28. The molecule has 0 unspecified atom stereocenters. The van der Waals surface area contributed by atoms with Crippen LogP contribution in [-0.4, -0.2) is 14.5 Å². The largest absolute Gasteiger partial charge is 0.310 e. The highest BCUT2D eigenvalue weighted by Crippen LogP contribution is 2.45. The molecule has 3 aromatic rings. The lowest BCUT2D eigenvalue weighted by molar-refractivity contribution is -0.384. The lowest BCUT2D eigenvalue weighted by Gasteiger charge is -2.15. The van der Waals surface area contributed by atoms with Crippen LogP contribution in [0.25, 0.3) is 11.0 Å². The smallest absolute Gasteiger partial charge is 0.269 e. The van der Waals surface area contributed by atoms with Crippen LogP contribution in [0.5, 0.6) is 0 Å². The molecule has 0 bridgehead atoms. The van der Waals surface area contributed by atoms with Crippen LogP contribution in [0.4, 0.5) is 5.69 Å². The van der Waals surface area contributed by atoms with Crippen molar-refractivity contribution in [2.45, 2.75) is 11.1 Å². The van der Waals surface area contributed by atoms with Gasteiger partial charge in [-0.2, -0.15) is 0 Å². The third kappa shape index (κ3) is 1.99. The van der Waals surface area contributed by atoms with E-state index in [1.165, 1.54) is 6.07 Å².